The highest BCUT2D eigenvalue weighted by molar-refractivity contribution is 7.89. The average molecular weight is 548 g/mol. The van der Waals surface area contributed by atoms with Crippen molar-refractivity contribution in [1.82, 2.24) is 9.62 Å². The summed E-state index contributed by atoms with van der Waals surface area (Å²) in [5.41, 5.74) is -0.653. The molecule has 1 heterocycles. The first kappa shape index (κ1) is 27.4. The molecule has 5 rings (SSSR count). The minimum absolute atomic E-state index is 0.0655. The molecule has 1 atom stereocenters. The predicted octanol–water partition coefficient (Wildman–Crippen LogP) is 5.26. The summed E-state index contributed by atoms with van der Waals surface area (Å²) in [6.45, 7) is 5.76. The lowest BCUT2D eigenvalue weighted by atomic mass is 9.38. The molecule has 1 aromatic carbocycles. The predicted molar refractivity (Wildman–Crippen MR) is 133 cm³/mol. The van der Waals surface area contributed by atoms with Crippen LogP contribution in [0.15, 0.2) is 29.3 Å². The highest BCUT2D eigenvalue weighted by atomic mass is 35.5. The van der Waals surface area contributed by atoms with Gasteiger partial charge in [-0.15, -0.1) is 0 Å². The van der Waals surface area contributed by atoms with Gasteiger partial charge in [0.25, 0.3) is 0 Å². The number of nitrogens with one attached hydrogen (secondary N) is 1. The average Bonchev–Trinajstić information content (AvgIpc) is 3.00. The second-order valence-electron chi connectivity index (χ2n) is 11.1. The van der Waals surface area contributed by atoms with E-state index in [0.29, 0.717) is 36.5 Å². The minimum atomic E-state index is -4.28. The van der Waals surface area contributed by atoms with Crippen LogP contribution < -0.4 is 5.32 Å². The van der Waals surface area contributed by atoms with Crippen LogP contribution in [0.3, 0.4) is 0 Å². The number of benzene rings is 1. The Morgan fingerprint density at radius 3 is 2.36 bits per heavy atom. The van der Waals surface area contributed by atoms with Gasteiger partial charge in [0.05, 0.1) is 11.3 Å². The molecule has 11 heteroatoms. The molecule has 6 nitrogen and oxygen atoms in total. The molecule has 1 aliphatic heterocycles. The number of aliphatic imine (C=N–C) groups is 1. The molecule has 3 fully saturated rings. The summed E-state index contributed by atoms with van der Waals surface area (Å²) in [4.78, 5) is 17.4. The molecule has 2 bridgehead atoms. The van der Waals surface area contributed by atoms with Crippen LogP contribution in [-0.4, -0.2) is 53.4 Å². The number of carbonyl (C=O) groups is 1. The molecule has 200 valence electrons. The van der Waals surface area contributed by atoms with E-state index in [1.165, 1.54) is 0 Å². The normalized spacial score (nSPS) is 28.8. The van der Waals surface area contributed by atoms with Crippen LogP contribution in [0.1, 0.15) is 71.3 Å². The van der Waals surface area contributed by atoms with Gasteiger partial charge in [0.15, 0.2) is 5.78 Å². The number of hydrogen-bond donors (Lipinski definition) is 1. The maximum absolute atomic E-state index is 13.2. The van der Waals surface area contributed by atoms with E-state index < -0.39 is 39.7 Å². The molecule has 0 radical (unpaired) electrons. The van der Waals surface area contributed by atoms with Gasteiger partial charge in [-0.05, 0) is 63.6 Å². The molecule has 36 heavy (non-hydrogen) atoms. The maximum Gasteiger partial charge on any atom is 0.389 e. The SMILES string of the molecule is CCCS(=O)(=O)N(Cc1ccc(Cl)cc1)C12CC(C3=N[C@@H](C(=O)CCCC(F)(F)F)C(C)(C)N3)(C1)C2. The van der Waals surface area contributed by atoms with E-state index in [2.05, 4.69) is 10.3 Å². The van der Waals surface area contributed by atoms with Crippen molar-refractivity contribution in [3.63, 3.8) is 0 Å². The monoisotopic (exact) mass is 547 g/mol. The topological polar surface area (TPSA) is 78.8 Å². The number of sulfonamides is 1. The molecule has 0 spiro atoms. The quantitative estimate of drug-likeness (QED) is 0.410. The smallest absolute Gasteiger partial charge is 0.366 e. The van der Waals surface area contributed by atoms with Gasteiger partial charge in [-0.2, -0.15) is 17.5 Å². The largest absolute Gasteiger partial charge is 0.389 e. The molecule has 3 aliphatic carbocycles. The summed E-state index contributed by atoms with van der Waals surface area (Å²) >= 11 is 5.99. The van der Waals surface area contributed by atoms with Crippen molar-refractivity contribution in [3.05, 3.63) is 34.9 Å². The van der Waals surface area contributed by atoms with Gasteiger partial charge in [-0.3, -0.25) is 9.79 Å². The van der Waals surface area contributed by atoms with Gasteiger partial charge in [-0.1, -0.05) is 30.7 Å². The van der Waals surface area contributed by atoms with Gasteiger partial charge in [0.1, 0.15) is 11.9 Å². The van der Waals surface area contributed by atoms with Crippen molar-refractivity contribution in [1.29, 1.82) is 0 Å². The molecule has 1 N–H and O–H groups in total. The fraction of sp³-hybridized carbons (Fsp3) is 0.680. The third kappa shape index (κ3) is 5.18. The summed E-state index contributed by atoms with van der Waals surface area (Å²) in [5.74, 6) is 0.446. The number of carbonyl (C=O) groups excluding carboxylic acids is 1. The maximum atomic E-state index is 13.2. The third-order valence-electron chi connectivity index (χ3n) is 7.64. The van der Waals surface area contributed by atoms with Crippen molar-refractivity contribution < 1.29 is 26.4 Å². The Bertz CT molecular complexity index is 1130. The lowest BCUT2D eigenvalue weighted by Crippen LogP contribution is -2.78. The van der Waals surface area contributed by atoms with Crippen molar-refractivity contribution in [2.24, 2.45) is 10.4 Å². The van der Waals surface area contributed by atoms with Gasteiger partial charge in [-0.25, -0.2) is 8.42 Å². The first-order valence-corrected chi connectivity index (χ1v) is 14.3. The first-order valence-electron chi connectivity index (χ1n) is 12.3. The fourth-order valence-electron chi connectivity index (χ4n) is 5.97. The summed E-state index contributed by atoms with van der Waals surface area (Å²) < 4.78 is 65.6. The highest BCUT2D eigenvalue weighted by Crippen LogP contribution is 2.71. The Kier molecular flexibility index (Phi) is 7.05. The Balaban J connectivity index is 1.47. The van der Waals surface area contributed by atoms with E-state index >= 15 is 0 Å². The van der Waals surface area contributed by atoms with Crippen molar-refractivity contribution in [2.75, 3.05) is 5.75 Å². The number of hydrogen-bond acceptors (Lipinski definition) is 5. The fourth-order valence-corrected chi connectivity index (χ4v) is 7.97. The lowest BCUT2D eigenvalue weighted by molar-refractivity contribution is -0.151. The molecular formula is C25H33ClF3N3O3S. The zero-order valence-corrected chi connectivity index (χ0v) is 22.4. The number of halogens is 4. The molecule has 0 unspecified atom stereocenters. The van der Waals surface area contributed by atoms with Crippen LogP contribution in [0.4, 0.5) is 13.2 Å². The number of ketones is 1. The van der Waals surface area contributed by atoms with Crippen LogP contribution in [0.5, 0.6) is 0 Å². The molecule has 0 saturated heterocycles. The molecule has 1 aromatic rings. The van der Waals surface area contributed by atoms with E-state index in [4.69, 9.17) is 11.6 Å². The third-order valence-corrected chi connectivity index (χ3v) is 10.0. The highest BCUT2D eigenvalue weighted by Gasteiger charge is 2.75. The number of Topliss-reactive ketones (excluding diaryl/α,β-unsaturated/α-hetero) is 1. The van der Waals surface area contributed by atoms with E-state index in [-0.39, 0.29) is 36.3 Å². The summed E-state index contributed by atoms with van der Waals surface area (Å²) in [6, 6.07) is 6.41. The van der Waals surface area contributed by atoms with Crippen LogP contribution in [0.2, 0.25) is 5.02 Å². The van der Waals surface area contributed by atoms with Crippen molar-refractivity contribution >= 4 is 33.2 Å². The second-order valence-corrected chi connectivity index (χ2v) is 13.6. The molecular weight excluding hydrogens is 515 g/mol. The zero-order chi connectivity index (χ0) is 26.6. The number of nitrogens with zero attached hydrogens (tertiary/aromatic N) is 2. The van der Waals surface area contributed by atoms with E-state index in [1.54, 1.807) is 16.4 Å². The van der Waals surface area contributed by atoms with Gasteiger partial charge in [0.2, 0.25) is 10.0 Å². The molecule has 0 amide bonds. The Morgan fingerprint density at radius 2 is 1.81 bits per heavy atom. The van der Waals surface area contributed by atoms with E-state index in [9.17, 15) is 26.4 Å². The van der Waals surface area contributed by atoms with Crippen LogP contribution in [0.25, 0.3) is 0 Å². The summed E-state index contributed by atoms with van der Waals surface area (Å²) in [5, 5.41) is 3.93. The van der Waals surface area contributed by atoms with Crippen LogP contribution in [0, 0.1) is 5.41 Å². The van der Waals surface area contributed by atoms with Gasteiger partial charge >= 0.3 is 6.18 Å². The molecule has 4 aliphatic rings. The standard InChI is InChI=1S/C25H33ClF3N3O3S/c1-4-12-36(34,35)32(13-17-7-9-18(26)10-8-17)24-14-23(15-24,16-24)21-30-20(22(2,3)31-21)19(33)6-5-11-25(27,28)29/h7-10,20H,4-6,11-16H2,1-3H3,(H,30,31)/t20-,23?,24?/m0/s1. The van der Waals surface area contributed by atoms with Gasteiger partial charge < -0.3 is 5.32 Å². The molecule has 3 saturated carbocycles. The zero-order valence-electron chi connectivity index (χ0n) is 20.8. The number of rotatable bonds is 11. The van der Waals surface area contributed by atoms with E-state index in [1.807, 2.05) is 32.9 Å². The second kappa shape index (κ2) is 9.27. The summed E-state index contributed by atoms with van der Waals surface area (Å²) in [6.07, 6.45) is -3.36. The Hall–Kier alpha value is -1.65. The van der Waals surface area contributed by atoms with Gasteiger partial charge in [0, 0.05) is 35.4 Å². The number of amidine groups is 1. The summed E-state index contributed by atoms with van der Waals surface area (Å²) in [7, 11) is -3.49. The first-order chi connectivity index (χ1) is 16.6. The lowest BCUT2D eigenvalue weighted by Gasteiger charge is -2.73. The van der Waals surface area contributed by atoms with Crippen molar-refractivity contribution in [2.45, 2.75) is 95.6 Å². The molecule has 0 aromatic heterocycles. The van der Waals surface area contributed by atoms with Crippen LogP contribution >= 0.6 is 11.6 Å². The van der Waals surface area contributed by atoms with Crippen molar-refractivity contribution in [3.8, 4) is 0 Å². The Morgan fingerprint density at radius 1 is 1.19 bits per heavy atom. The number of alkyl halides is 3. The van der Waals surface area contributed by atoms with Crippen LogP contribution in [-0.2, 0) is 21.4 Å². The minimum Gasteiger partial charge on any atom is -0.366 e. The van der Waals surface area contributed by atoms with E-state index in [0.717, 1.165) is 5.56 Å². The Labute approximate surface area is 215 Å².